The summed E-state index contributed by atoms with van der Waals surface area (Å²) in [5.41, 5.74) is 2.48. The second-order valence-corrected chi connectivity index (χ2v) is 5.55. The molecule has 0 bridgehead atoms. The molecule has 2 aromatic heterocycles. The van der Waals surface area contributed by atoms with E-state index < -0.39 is 0 Å². The molecule has 3 heterocycles. The van der Waals surface area contributed by atoms with Gasteiger partial charge in [-0.2, -0.15) is 5.10 Å². The molecule has 0 unspecified atom stereocenters. The first-order chi connectivity index (χ1) is 10.6. The third-order valence-corrected chi connectivity index (χ3v) is 3.88. The van der Waals surface area contributed by atoms with Crippen LogP contribution in [0.3, 0.4) is 0 Å². The third-order valence-electron chi connectivity index (χ3n) is 3.88. The number of aromatic amines is 1. The van der Waals surface area contributed by atoms with E-state index >= 15 is 0 Å². The standard InChI is InChI=1S/C15H21N5O2/c1-4-20-11(3)7-12(18-20)15(21)19-5-6-22-13(9-19)14-16-8-10(2)17-14/h7-8,13H,4-6,9H2,1-3H3,(H,16,17)/t13-/m0/s1. The van der Waals surface area contributed by atoms with Gasteiger partial charge in [-0.15, -0.1) is 0 Å². The van der Waals surface area contributed by atoms with Crippen molar-refractivity contribution in [3.63, 3.8) is 0 Å². The molecule has 1 saturated heterocycles. The Hall–Kier alpha value is -2.15. The van der Waals surface area contributed by atoms with Crippen molar-refractivity contribution in [2.75, 3.05) is 19.7 Å². The normalized spacial score (nSPS) is 18.7. The zero-order valence-electron chi connectivity index (χ0n) is 13.2. The van der Waals surface area contributed by atoms with Crippen molar-refractivity contribution in [1.29, 1.82) is 0 Å². The molecule has 0 aromatic carbocycles. The van der Waals surface area contributed by atoms with Gasteiger partial charge in [0.1, 0.15) is 11.9 Å². The van der Waals surface area contributed by atoms with Gasteiger partial charge in [0.25, 0.3) is 5.91 Å². The highest BCUT2D eigenvalue weighted by Gasteiger charge is 2.29. The van der Waals surface area contributed by atoms with Gasteiger partial charge < -0.3 is 14.6 Å². The zero-order valence-corrected chi connectivity index (χ0v) is 13.2. The second kappa shape index (κ2) is 5.92. The Bertz CT molecular complexity index is 675. The van der Waals surface area contributed by atoms with Crippen molar-refractivity contribution in [3.8, 4) is 0 Å². The first-order valence-corrected chi connectivity index (χ1v) is 7.55. The molecule has 7 heteroatoms. The number of nitrogens with one attached hydrogen (secondary N) is 1. The van der Waals surface area contributed by atoms with Crippen molar-refractivity contribution in [2.45, 2.75) is 33.4 Å². The van der Waals surface area contributed by atoms with Gasteiger partial charge >= 0.3 is 0 Å². The van der Waals surface area contributed by atoms with Gasteiger partial charge in [0, 0.05) is 30.7 Å². The molecule has 1 aliphatic heterocycles. The fraction of sp³-hybridized carbons (Fsp3) is 0.533. The van der Waals surface area contributed by atoms with Gasteiger partial charge in [0.15, 0.2) is 5.69 Å². The van der Waals surface area contributed by atoms with Gasteiger partial charge in [-0.05, 0) is 26.8 Å². The number of carbonyl (C=O) groups excluding carboxylic acids is 1. The monoisotopic (exact) mass is 303 g/mol. The number of imidazole rings is 1. The van der Waals surface area contributed by atoms with E-state index in [9.17, 15) is 4.79 Å². The lowest BCUT2D eigenvalue weighted by Gasteiger charge is -2.31. The average molecular weight is 303 g/mol. The van der Waals surface area contributed by atoms with Crippen LogP contribution in [0.15, 0.2) is 12.3 Å². The fourth-order valence-electron chi connectivity index (χ4n) is 2.69. The highest BCUT2D eigenvalue weighted by Crippen LogP contribution is 2.21. The lowest BCUT2D eigenvalue weighted by molar-refractivity contribution is -0.0266. The molecule has 1 atom stereocenters. The summed E-state index contributed by atoms with van der Waals surface area (Å²) in [5.74, 6) is 0.720. The van der Waals surface area contributed by atoms with E-state index in [2.05, 4.69) is 15.1 Å². The quantitative estimate of drug-likeness (QED) is 0.931. The summed E-state index contributed by atoms with van der Waals surface area (Å²) in [6.07, 6.45) is 1.56. The van der Waals surface area contributed by atoms with Crippen LogP contribution in [0, 0.1) is 13.8 Å². The minimum absolute atomic E-state index is 0.0492. The number of aromatic nitrogens is 4. The molecule has 3 rings (SSSR count). The van der Waals surface area contributed by atoms with Gasteiger partial charge in [-0.25, -0.2) is 4.98 Å². The average Bonchev–Trinajstić information content (AvgIpc) is 3.12. The molecule has 1 fully saturated rings. The smallest absolute Gasteiger partial charge is 0.274 e. The van der Waals surface area contributed by atoms with E-state index in [1.54, 1.807) is 11.1 Å². The Labute approximate surface area is 129 Å². The molecular weight excluding hydrogens is 282 g/mol. The number of hydrogen-bond acceptors (Lipinski definition) is 4. The van der Waals surface area contributed by atoms with Crippen LogP contribution in [0.25, 0.3) is 0 Å². The topological polar surface area (TPSA) is 76.0 Å². The molecule has 1 aliphatic rings. The second-order valence-electron chi connectivity index (χ2n) is 5.55. The summed E-state index contributed by atoms with van der Waals surface area (Å²) in [6.45, 7) is 8.25. The third kappa shape index (κ3) is 2.76. The lowest BCUT2D eigenvalue weighted by Crippen LogP contribution is -2.42. The molecule has 0 spiro atoms. The molecule has 1 N–H and O–H groups in total. The Morgan fingerprint density at radius 3 is 2.95 bits per heavy atom. The number of carbonyl (C=O) groups is 1. The molecule has 7 nitrogen and oxygen atoms in total. The molecule has 1 amide bonds. The van der Waals surface area contributed by atoms with E-state index in [0.29, 0.717) is 25.4 Å². The maximum absolute atomic E-state index is 12.6. The van der Waals surface area contributed by atoms with Crippen molar-refractivity contribution < 1.29 is 9.53 Å². The molecule has 22 heavy (non-hydrogen) atoms. The summed E-state index contributed by atoms with van der Waals surface area (Å²) >= 11 is 0. The van der Waals surface area contributed by atoms with Crippen LogP contribution in [0.5, 0.6) is 0 Å². The first kappa shape index (κ1) is 14.8. The predicted molar refractivity (Wildman–Crippen MR) is 80.6 cm³/mol. The van der Waals surface area contributed by atoms with E-state index in [4.69, 9.17) is 4.74 Å². The number of nitrogens with zero attached hydrogens (tertiary/aromatic N) is 4. The van der Waals surface area contributed by atoms with Crippen LogP contribution in [0.2, 0.25) is 0 Å². The molecule has 0 aliphatic carbocycles. The predicted octanol–water partition coefficient (Wildman–Crippen LogP) is 1.46. The number of ether oxygens (including phenoxy) is 1. The molecule has 0 saturated carbocycles. The number of amides is 1. The van der Waals surface area contributed by atoms with E-state index in [1.807, 2.05) is 31.5 Å². The molecular formula is C15H21N5O2. The van der Waals surface area contributed by atoms with Crippen LogP contribution in [-0.4, -0.2) is 50.3 Å². The molecule has 118 valence electrons. The summed E-state index contributed by atoms with van der Waals surface area (Å²) in [7, 11) is 0. The Morgan fingerprint density at radius 1 is 1.50 bits per heavy atom. The Kier molecular flexibility index (Phi) is 3.98. The van der Waals surface area contributed by atoms with Gasteiger partial charge in [0.2, 0.25) is 0 Å². The maximum atomic E-state index is 12.6. The summed E-state index contributed by atoms with van der Waals surface area (Å²) in [5, 5.41) is 4.37. The van der Waals surface area contributed by atoms with E-state index in [1.165, 1.54) is 0 Å². The van der Waals surface area contributed by atoms with Crippen LogP contribution >= 0.6 is 0 Å². The van der Waals surface area contributed by atoms with Crippen molar-refractivity contribution in [2.24, 2.45) is 0 Å². The van der Waals surface area contributed by atoms with Gasteiger partial charge in [-0.3, -0.25) is 9.48 Å². The van der Waals surface area contributed by atoms with E-state index in [0.717, 1.165) is 23.8 Å². The van der Waals surface area contributed by atoms with Gasteiger partial charge in [-0.1, -0.05) is 0 Å². The minimum atomic E-state index is -0.208. The highest BCUT2D eigenvalue weighted by molar-refractivity contribution is 5.92. The highest BCUT2D eigenvalue weighted by atomic mass is 16.5. The largest absolute Gasteiger partial charge is 0.367 e. The zero-order chi connectivity index (χ0) is 15.7. The number of H-pyrrole nitrogens is 1. The summed E-state index contributed by atoms with van der Waals surface area (Å²) in [4.78, 5) is 21.9. The van der Waals surface area contributed by atoms with Gasteiger partial charge in [0.05, 0.1) is 13.2 Å². The van der Waals surface area contributed by atoms with Crippen molar-refractivity contribution >= 4 is 5.91 Å². The Morgan fingerprint density at radius 2 is 2.32 bits per heavy atom. The summed E-state index contributed by atoms with van der Waals surface area (Å²) < 4.78 is 7.56. The summed E-state index contributed by atoms with van der Waals surface area (Å²) in [6, 6.07) is 1.84. The van der Waals surface area contributed by atoms with Crippen molar-refractivity contribution in [3.05, 3.63) is 35.2 Å². The van der Waals surface area contributed by atoms with E-state index in [-0.39, 0.29) is 12.0 Å². The number of morpholine rings is 1. The minimum Gasteiger partial charge on any atom is -0.367 e. The first-order valence-electron chi connectivity index (χ1n) is 7.55. The molecule has 0 radical (unpaired) electrons. The number of hydrogen-bond donors (Lipinski definition) is 1. The number of aryl methyl sites for hydroxylation is 3. The van der Waals surface area contributed by atoms with Crippen LogP contribution in [0.4, 0.5) is 0 Å². The SMILES string of the molecule is CCn1nc(C(=O)N2CCO[C@H](c3ncc(C)[nH]3)C2)cc1C. The molecule has 2 aromatic rings. The lowest BCUT2D eigenvalue weighted by atomic mass is 10.2. The van der Waals surface area contributed by atoms with Crippen LogP contribution < -0.4 is 0 Å². The van der Waals surface area contributed by atoms with Crippen molar-refractivity contribution in [1.82, 2.24) is 24.6 Å². The van der Waals surface area contributed by atoms with Crippen LogP contribution in [-0.2, 0) is 11.3 Å². The number of rotatable bonds is 3. The Balaban J connectivity index is 1.74. The fourth-order valence-corrected chi connectivity index (χ4v) is 2.69. The van der Waals surface area contributed by atoms with Crippen LogP contribution in [0.1, 0.15) is 40.7 Å². The maximum Gasteiger partial charge on any atom is 0.274 e.